The van der Waals surface area contributed by atoms with E-state index in [1.807, 2.05) is 13.8 Å². The zero-order valence-electron chi connectivity index (χ0n) is 8.99. The molecule has 0 saturated carbocycles. The first-order chi connectivity index (χ1) is 6.70. The molecule has 0 bridgehead atoms. The lowest BCUT2D eigenvalue weighted by Crippen LogP contribution is -2.26. The molecule has 1 saturated heterocycles. The zero-order valence-corrected chi connectivity index (χ0v) is 9.89. The largest absolute Gasteiger partial charge is 0.332 e. The molecule has 0 aromatic rings. The lowest BCUT2D eigenvalue weighted by molar-refractivity contribution is 0.218. The fourth-order valence-corrected chi connectivity index (χ4v) is 3.64. The molecule has 1 aliphatic heterocycles. The van der Waals surface area contributed by atoms with Crippen LogP contribution in [0.4, 0.5) is 0 Å². The maximum absolute atomic E-state index is 12.1. The van der Waals surface area contributed by atoms with Crippen molar-refractivity contribution in [1.29, 1.82) is 0 Å². The quantitative estimate of drug-likeness (QED) is 0.697. The third-order valence-corrected chi connectivity index (χ3v) is 4.45. The van der Waals surface area contributed by atoms with Crippen molar-refractivity contribution in [2.45, 2.75) is 32.7 Å². The number of rotatable bonds is 6. The second-order valence-electron chi connectivity index (χ2n) is 3.42. The van der Waals surface area contributed by atoms with Crippen LogP contribution in [-0.4, -0.2) is 32.0 Å². The van der Waals surface area contributed by atoms with Gasteiger partial charge in [-0.1, -0.05) is 0 Å². The molecule has 1 rings (SSSR count). The Hall–Kier alpha value is 0.110. The molecule has 14 heavy (non-hydrogen) atoms. The van der Waals surface area contributed by atoms with Gasteiger partial charge in [-0.2, -0.15) is 0 Å². The molecule has 5 heteroatoms. The molecule has 0 aromatic carbocycles. The predicted molar refractivity (Wildman–Crippen MR) is 56.8 cm³/mol. The van der Waals surface area contributed by atoms with E-state index in [2.05, 4.69) is 5.32 Å². The van der Waals surface area contributed by atoms with Crippen molar-refractivity contribution in [1.82, 2.24) is 5.32 Å². The van der Waals surface area contributed by atoms with Crippen LogP contribution in [0.5, 0.6) is 0 Å². The van der Waals surface area contributed by atoms with Crippen molar-refractivity contribution in [3.63, 3.8) is 0 Å². The standard InChI is InChI=1S/C9H20NO3P/c1-3-12-14(11,13-4-2)8-9-6-5-7-10-9/h9-10H,3-8H2,1-2H3/t9-/m0/s1. The molecule has 1 fully saturated rings. The maximum atomic E-state index is 12.1. The second kappa shape index (κ2) is 5.86. The van der Waals surface area contributed by atoms with E-state index in [4.69, 9.17) is 9.05 Å². The molecule has 0 amide bonds. The summed E-state index contributed by atoms with van der Waals surface area (Å²) < 4.78 is 22.5. The van der Waals surface area contributed by atoms with Gasteiger partial charge in [0.25, 0.3) is 0 Å². The SMILES string of the molecule is CCOP(=O)(C[C@@H]1CCCN1)OCC. The summed E-state index contributed by atoms with van der Waals surface area (Å²) in [5.74, 6) is 0. The molecule has 0 unspecified atom stereocenters. The normalized spacial score (nSPS) is 22.9. The zero-order chi connectivity index (χ0) is 10.4. The molecule has 0 aromatic heterocycles. The lowest BCUT2D eigenvalue weighted by atomic mass is 10.3. The molecule has 1 heterocycles. The van der Waals surface area contributed by atoms with Crippen LogP contribution in [0.15, 0.2) is 0 Å². The summed E-state index contributed by atoms with van der Waals surface area (Å²) in [6, 6.07) is 0.305. The smallest absolute Gasteiger partial charge is 0.313 e. The minimum absolute atomic E-state index is 0.305. The van der Waals surface area contributed by atoms with Gasteiger partial charge in [0.05, 0.1) is 19.4 Å². The van der Waals surface area contributed by atoms with Crippen molar-refractivity contribution in [3.05, 3.63) is 0 Å². The van der Waals surface area contributed by atoms with Gasteiger partial charge in [0.15, 0.2) is 0 Å². The number of hydrogen-bond acceptors (Lipinski definition) is 4. The highest BCUT2D eigenvalue weighted by Gasteiger charge is 2.29. The summed E-state index contributed by atoms with van der Waals surface area (Å²) in [7, 11) is -2.83. The minimum Gasteiger partial charge on any atom is -0.313 e. The topological polar surface area (TPSA) is 47.6 Å². The van der Waals surface area contributed by atoms with Crippen LogP contribution >= 0.6 is 7.60 Å². The Balaban J connectivity index is 2.44. The van der Waals surface area contributed by atoms with Gasteiger partial charge >= 0.3 is 7.60 Å². The van der Waals surface area contributed by atoms with Crippen LogP contribution in [0.3, 0.4) is 0 Å². The van der Waals surface area contributed by atoms with E-state index in [9.17, 15) is 4.57 Å². The summed E-state index contributed by atoms with van der Waals surface area (Å²) in [4.78, 5) is 0. The Morgan fingerprint density at radius 3 is 2.43 bits per heavy atom. The summed E-state index contributed by atoms with van der Waals surface area (Å²) in [6.45, 7) is 5.60. The van der Waals surface area contributed by atoms with E-state index in [0.29, 0.717) is 25.4 Å². The van der Waals surface area contributed by atoms with E-state index < -0.39 is 7.60 Å². The lowest BCUT2D eigenvalue weighted by Gasteiger charge is -2.20. The Morgan fingerprint density at radius 1 is 1.36 bits per heavy atom. The van der Waals surface area contributed by atoms with E-state index >= 15 is 0 Å². The van der Waals surface area contributed by atoms with Gasteiger partial charge in [0, 0.05) is 6.04 Å². The monoisotopic (exact) mass is 221 g/mol. The molecule has 4 nitrogen and oxygen atoms in total. The highest BCUT2D eigenvalue weighted by atomic mass is 31.2. The van der Waals surface area contributed by atoms with Crippen LogP contribution in [0, 0.1) is 0 Å². The Bertz CT molecular complexity index is 194. The molecule has 1 aliphatic rings. The summed E-state index contributed by atoms with van der Waals surface area (Å²) in [5, 5.41) is 3.30. The molecular weight excluding hydrogens is 201 g/mol. The van der Waals surface area contributed by atoms with Gasteiger partial charge in [-0.3, -0.25) is 4.57 Å². The Kier molecular flexibility index (Phi) is 5.10. The first-order valence-electron chi connectivity index (χ1n) is 5.31. The average Bonchev–Trinajstić information content (AvgIpc) is 2.57. The van der Waals surface area contributed by atoms with Crippen molar-refractivity contribution in [2.24, 2.45) is 0 Å². The van der Waals surface area contributed by atoms with Gasteiger partial charge in [0.2, 0.25) is 0 Å². The van der Waals surface area contributed by atoms with Crippen LogP contribution in [0.1, 0.15) is 26.7 Å². The number of hydrogen-bond donors (Lipinski definition) is 1. The first kappa shape index (κ1) is 12.2. The van der Waals surface area contributed by atoms with Gasteiger partial charge < -0.3 is 14.4 Å². The highest BCUT2D eigenvalue weighted by molar-refractivity contribution is 7.53. The van der Waals surface area contributed by atoms with Crippen LogP contribution in [0.25, 0.3) is 0 Å². The third kappa shape index (κ3) is 3.70. The van der Waals surface area contributed by atoms with Gasteiger partial charge in [0.1, 0.15) is 0 Å². The molecule has 1 N–H and O–H groups in total. The van der Waals surface area contributed by atoms with Crippen molar-refractivity contribution >= 4 is 7.60 Å². The molecule has 0 radical (unpaired) electrons. The second-order valence-corrected chi connectivity index (χ2v) is 5.53. The predicted octanol–water partition coefficient (Wildman–Crippen LogP) is 2.00. The van der Waals surface area contributed by atoms with Gasteiger partial charge in [-0.05, 0) is 33.2 Å². The first-order valence-corrected chi connectivity index (χ1v) is 7.04. The molecule has 84 valence electrons. The fraction of sp³-hybridized carbons (Fsp3) is 1.00. The van der Waals surface area contributed by atoms with Crippen LogP contribution in [0.2, 0.25) is 0 Å². The minimum atomic E-state index is -2.83. The summed E-state index contributed by atoms with van der Waals surface area (Å²) in [5.41, 5.74) is 0. The van der Waals surface area contributed by atoms with Gasteiger partial charge in [-0.15, -0.1) is 0 Å². The average molecular weight is 221 g/mol. The highest BCUT2D eigenvalue weighted by Crippen LogP contribution is 2.49. The molecule has 0 aliphatic carbocycles. The molecular formula is C9H20NO3P. The number of nitrogens with one attached hydrogen (secondary N) is 1. The van der Waals surface area contributed by atoms with Gasteiger partial charge in [-0.25, -0.2) is 0 Å². The van der Waals surface area contributed by atoms with E-state index in [0.717, 1.165) is 19.4 Å². The molecule has 0 spiro atoms. The van der Waals surface area contributed by atoms with Crippen molar-refractivity contribution < 1.29 is 13.6 Å². The van der Waals surface area contributed by atoms with Crippen LogP contribution < -0.4 is 5.32 Å². The van der Waals surface area contributed by atoms with E-state index in [-0.39, 0.29) is 0 Å². The van der Waals surface area contributed by atoms with E-state index in [1.165, 1.54) is 0 Å². The maximum Gasteiger partial charge on any atom is 0.332 e. The van der Waals surface area contributed by atoms with E-state index in [1.54, 1.807) is 0 Å². The summed E-state index contributed by atoms with van der Waals surface area (Å²) >= 11 is 0. The Labute approximate surface area is 85.9 Å². The van der Waals surface area contributed by atoms with Crippen LogP contribution in [-0.2, 0) is 13.6 Å². The molecule has 1 atom stereocenters. The fourth-order valence-electron chi connectivity index (χ4n) is 1.72. The summed E-state index contributed by atoms with van der Waals surface area (Å²) in [6.07, 6.45) is 2.74. The van der Waals surface area contributed by atoms with Crippen molar-refractivity contribution in [2.75, 3.05) is 25.9 Å². The third-order valence-electron chi connectivity index (χ3n) is 2.26. The Morgan fingerprint density at radius 2 is 2.00 bits per heavy atom. The van der Waals surface area contributed by atoms with Crippen molar-refractivity contribution in [3.8, 4) is 0 Å².